The van der Waals surface area contributed by atoms with Crippen LogP contribution < -0.4 is 5.32 Å². The Morgan fingerprint density at radius 2 is 1.53 bits per heavy atom. The van der Waals surface area contributed by atoms with Crippen LogP contribution in [0.25, 0.3) is 0 Å². The molecule has 0 atom stereocenters. The molecule has 4 heteroatoms. The fraction of sp³-hybridized carbons (Fsp3) is 0.533. The van der Waals surface area contributed by atoms with E-state index < -0.39 is 11.6 Å². The maximum absolute atomic E-state index is 13.8. The number of rotatable bonds is 2. The van der Waals surface area contributed by atoms with Crippen LogP contribution in [0.2, 0.25) is 0 Å². The lowest BCUT2D eigenvalue weighted by Gasteiger charge is -2.22. The van der Waals surface area contributed by atoms with Crippen molar-refractivity contribution >= 4 is 5.69 Å². The summed E-state index contributed by atoms with van der Waals surface area (Å²) in [5.74, 6) is -1.36. The van der Waals surface area contributed by atoms with Gasteiger partial charge in [0.05, 0.1) is 11.6 Å². The third-order valence-corrected chi connectivity index (χ3v) is 3.62. The molecule has 0 bridgehead atoms. The summed E-state index contributed by atoms with van der Waals surface area (Å²) in [5.41, 5.74) is -0.0808. The Kier molecular flexibility index (Phi) is 4.73. The molecule has 2 rings (SSSR count). The third-order valence-electron chi connectivity index (χ3n) is 3.62. The van der Waals surface area contributed by atoms with E-state index in [0.29, 0.717) is 0 Å². The Balaban J connectivity index is 2.11. The van der Waals surface area contributed by atoms with E-state index in [-0.39, 0.29) is 17.3 Å². The molecule has 0 aromatic heterocycles. The van der Waals surface area contributed by atoms with Gasteiger partial charge in [-0.25, -0.2) is 8.78 Å². The van der Waals surface area contributed by atoms with Gasteiger partial charge in [0.2, 0.25) is 0 Å². The summed E-state index contributed by atoms with van der Waals surface area (Å²) in [6.45, 7) is 0. The maximum Gasteiger partial charge on any atom is 0.150 e. The van der Waals surface area contributed by atoms with Gasteiger partial charge < -0.3 is 5.32 Å². The first-order chi connectivity index (χ1) is 9.20. The zero-order chi connectivity index (χ0) is 13.7. The molecule has 0 unspecified atom stereocenters. The molecule has 1 aliphatic carbocycles. The molecule has 19 heavy (non-hydrogen) atoms. The van der Waals surface area contributed by atoms with Crippen molar-refractivity contribution in [1.82, 2.24) is 0 Å². The molecular weight excluding hydrogens is 246 g/mol. The first-order valence-electron chi connectivity index (χ1n) is 6.86. The first-order valence-corrected chi connectivity index (χ1v) is 6.86. The van der Waals surface area contributed by atoms with E-state index in [2.05, 4.69) is 5.32 Å². The largest absolute Gasteiger partial charge is 0.378 e. The molecule has 1 saturated carbocycles. The molecule has 1 aromatic rings. The van der Waals surface area contributed by atoms with Crippen molar-refractivity contribution in [1.29, 1.82) is 5.26 Å². The quantitative estimate of drug-likeness (QED) is 0.861. The highest BCUT2D eigenvalue weighted by Gasteiger charge is 2.16. The minimum absolute atomic E-state index is 0.0122. The van der Waals surface area contributed by atoms with E-state index in [1.54, 1.807) is 6.07 Å². The van der Waals surface area contributed by atoms with Crippen molar-refractivity contribution in [3.05, 3.63) is 29.3 Å². The number of hydrogen-bond donors (Lipinski definition) is 1. The molecule has 0 radical (unpaired) electrons. The molecule has 0 heterocycles. The smallest absolute Gasteiger partial charge is 0.150 e. The molecule has 1 aromatic carbocycles. The van der Waals surface area contributed by atoms with Gasteiger partial charge in [-0.1, -0.05) is 32.1 Å². The molecule has 0 spiro atoms. The Morgan fingerprint density at radius 3 is 2.05 bits per heavy atom. The first kappa shape index (κ1) is 13.8. The van der Waals surface area contributed by atoms with Gasteiger partial charge in [-0.05, 0) is 25.0 Å². The number of benzene rings is 1. The van der Waals surface area contributed by atoms with Crippen LogP contribution in [0.5, 0.6) is 0 Å². The fourth-order valence-corrected chi connectivity index (χ4v) is 2.58. The predicted octanol–water partition coefficient (Wildman–Crippen LogP) is 4.36. The van der Waals surface area contributed by atoms with E-state index in [0.717, 1.165) is 37.8 Å². The van der Waals surface area contributed by atoms with Crippen molar-refractivity contribution in [2.45, 2.75) is 51.0 Å². The molecule has 2 nitrogen and oxygen atoms in total. The zero-order valence-electron chi connectivity index (χ0n) is 10.9. The average Bonchev–Trinajstić information content (AvgIpc) is 2.35. The second-order valence-electron chi connectivity index (χ2n) is 5.11. The summed E-state index contributed by atoms with van der Waals surface area (Å²) < 4.78 is 27.6. The molecular formula is C15H18F2N2. The lowest BCUT2D eigenvalue weighted by molar-refractivity contribution is 0.467. The van der Waals surface area contributed by atoms with Crippen LogP contribution >= 0.6 is 0 Å². The second-order valence-corrected chi connectivity index (χ2v) is 5.11. The lowest BCUT2D eigenvalue weighted by atomic mass is 9.96. The van der Waals surface area contributed by atoms with Crippen molar-refractivity contribution < 1.29 is 8.78 Å². The van der Waals surface area contributed by atoms with Crippen LogP contribution in [-0.2, 0) is 0 Å². The van der Waals surface area contributed by atoms with Gasteiger partial charge in [0, 0.05) is 6.04 Å². The second kappa shape index (κ2) is 6.51. The average molecular weight is 264 g/mol. The molecule has 0 aliphatic heterocycles. The van der Waals surface area contributed by atoms with Crippen LogP contribution in [0.4, 0.5) is 14.5 Å². The fourth-order valence-electron chi connectivity index (χ4n) is 2.58. The van der Waals surface area contributed by atoms with Gasteiger partial charge >= 0.3 is 0 Å². The number of hydrogen-bond acceptors (Lipinski definition) is 2. The molecule has 1 N–H and O–H groups in total. The van der Waals surface area contributed by atoms with E-state index in [1.165, 1.54) is 19.3 Å². The summed E-state index contributed by atoms with van der Waals surface area (Å²) in [4.78, 5) is 0. The molecule has 0 amide bonds. The van der Waals surface area contributed by atoms with Gasteiger partial charge in [-0.15, -0.1) is 0 Å². The van der Waals surface area contributed by atoms with Gasteiger partial charge in [-0.3, -0.25) is 0 Å². The van der Waals surface area contributed by atoms with Crippen LogP contribution in [-0.4, -0.2) is 6.04 Å². The number of nitrogens with one attached hydrogen (secondary N) is 1. The molecule has 0 saturated heterocycles. The number of nitrogens with zero attached hydrogens (tertiary/aromatic N) is 1. The minimum atomic E-state index is -0.682. The van der Waals surface area contributed by atoms with Crippen LogP contribution in [0.15, 0.2) is 12.1 Å². The maximum atomic E-state index is 13.8. The molecule has 1 aliphatic rings. The van der Waals surface area contributed by atoms with Gasteiger partial charge in [0.15, 0.2) is 11.6 Å². The van der Waals surface area contributed by atoms with Gasteiger partial charge in [0.25, 0.3) is 0 Å². The predicted molar refractivity (Wildman–Crippen MR) is 70.8 cm³/mol. The normalized spacial score (nSPS) is 17.3. The summed E-state index contributed by atoms with van der Waals surface area (Å²) >= 11 is 0. The Hall–Kier alpha value is -1.63. The van der Waals surface area contributed by atoms with Crippen LogP contribution in [0, 0.1) is 23.0 Å². The summed E-state index contributed by atoms with van der Waals surface area (Å²) in [7, 11) is 0. The zero-order valence-corrected chi connectivity index (χ0v) is 10.9. The van der Waals surface area contributed by atoms with Gasteiger partial charge in [-0.2, -0.15) is 5.26 Å². The third kappa shape index (κ3) is 3.66. The Bertz CT molecular complexity index is 449. The highest BCUT2D eigenvalue weighted by molar-refractivity contribution is 5.50. The summed E-state index contributed by atoms with van der Waals surface area (Å²) in [6.07, 6.45) is 7.71. The van der Waals surface area contributed by atoms with E-state index in [9.17, 15) is 8.78 Å². The van der Waals surface area contributed by atoms with Crippen molar-refractivity contribution in [3.63, 3.8) is 0 Å². The Morgan fingerprint density at radius 1 is 1.00 bits per heavy atom. The summed E-state index contributed by atoms with van der Waals surface area (Å²) in [6, 6.07) is 4.03. The van der Waals surface area contributed by atoms with Gasteiger partial charge in [0.1, 0.15) is 5.69 Å². The lowest BCUT2D eigenvalue weighted by Crippen LogP contribution is -2.22. The van der Waals surface area contributed by atoms with Crippen molar-refractivity contribution in [2.75, 3.05) is 5.32 Å². The number of nitriles is 1. The molecule has 1 fully saturated rings. The minimum Gasteiger partial charge on any atom is -0.378 e. The molecule has 102 valence electrons. The summed E-state index contributed by atoms with van der Waals surface area (Å²) in [5, 5.41) is 11.6. The highest BCUT2D eigenvalue weighted by Crippen LogP contribution is 2.25. The Labute approximate surface area is 112 Å². The van der Waals surface area contributed by atoms with Crippen molar-refractivity contribution in [3.8, 4) is 6.07 Å². The van der Waals surface area contributed by atoms with Crippen LogP contribution in [0.1, 0.15) is 50.5 Å². The van der Waals surface area contributed by atoms with Crippen LogP contribution in [0.3, 0.4) is 0 Å². The monoisotopic (exact) mass is 264 g/mol. The van der Waals surface area contributed by atoms with E-state index >= 15 is 0 Å². The number of anilines is 1. The van der Waals surface area contributed by atoms with E-state index in [4.69, 9.17) is 5.26 Å². The highest BCUT2D eigenvalue weighted by atomic mass is 19.1. The van der Waals surface area contributed by atoms with E-state index in [1.807, 2.05) is 0 Å². The standard InChI is InChI=1S/C15H18F2N2/c16-13-8-11(10-18)9-14(17)15(13)19-12-6-4-2-1-3-5-7-12/h8-9,12,19H,1-7H2. The topological polar surface area (TPSA) is 35.8 Å². The van der Waals surface area contributed by atoms with Crippen molar-refractivity contribution in [2.24, 2.45) is 0 Å². The number of halogens is 2. The SMILES string of the molecule is N#Cc1cc(F)c(NC2CCCCCCC2)c(F)c1.